The summed E-state index contributed by atoms with van der Waals surface area (Å²) in [4.78, 5) is 11.5. The van der Waals surface area contributed by atoms with E-state index >= 15 is 0 Å². The summed E-state index contributed by atoms with van der Waals surface area (Å²) in [6.07, 6.45) is -0.606. The van der Waals surface area contributed by atoms with Crippen LogP contribution in [0.2, 0.25) is 0 Å². The molecular weight excluding hydrogens is 316 g/mol. The van der Waals surface area contributed by atoms with Crippen molar-refractivity contribution in [1.29, 1.82) is 0 Å². The van der Waals surface area contributed by atoms with E-state index in [1.165, 1.54) is 6.07 Å². The van der Waals surface area contributed by atoms with E-state index in [4.69, 9.17) is 4.74 Å². The maximum Gasteiger partial charge on any atom is 0.408 e. The van der Waals surface area contributed by atoms with E-state index in [0.717, 1.165) is 5.56 Å². The van der Waals surface area contributed by atoms with E-state index in [1.54, 1.807) is 18.2 Å². The minimum atomic E-state index is -2.92. The number of carbonyl (C=O) groups excluding carboxylic acids is 1. The van der Waals surface area contributed by atoms with Gasteiger partial charge in [0.25, 0.3) is 0 Å². The third-order valence-electron chi connectivity index (χ3n) is 2.86. The summed E-state index contributed by atoms with van der Waals surface area (Å²) >= 11 is 0. The molecule has 0 saturated carbocycles. The van der Waals surface area contributed by atoms with Crippen LogP contribution in [-0.4, -0.2) is 19.2 Å². The molecule has 0 bridgehead atoms. The molecule has 0 saturated heterocycles. The van der Waals surface area contributed by atoms with Gasteiger partial charge in [0, 0.05) is 0 Å². The van der Waals surface area contributed by atoms with Crippen molar-refractivity contribution in [2.75, 3.05) is 6.54 Å². The van der Waals surface area contributed by atoms with Gasteiger partial charge in [-0.15, -0.1) is 0 Å². The summed E-state index contributed by atoms with van der Waals surface area (Å²) in [5, 5.41) is 2.46. The van der Waals surface area contributed by atoms with Crippen LogP contribution in [-0.2, 0) is 11.3 Å². The summed E-state index contributed by atoms with van der Waals surface area (Å²) in [6, 6.07) is 15.4. The third-order valence-corrected chi connectivity index (χ3v) is 2.86. The molecule has 6 heteroatoms. The van der Waals surface area contributed by atoms with Crippen LogP contribution < -0.4 is 10.1 Å². The quantitative estimate of drug-likeness (QED) is 0.852. The number of para-hydroxylation sites is 1. The van der Waals surface area contributed by atoms with Crippen molar-refractivity contribution in [1.82, 2.24) is 5.32 Å². The van der Waals surface area contributed by atoms with Gasteiger partial charge in [0.2, 0.25) is 0 Å². The van der Waals surface area contributed by atoms with E-state index in [9.17, 15) is 13.6 Å². The molecule has 2 rings (SSSR count). The number of amides is 1. The van der Waals surface area contributed by atoms with Gasteiger partial charge in [0.05, 0.1) is 12.1 Å². The highest BCUT2D eigenvalue weighted by molar-refractivity contribution is 5.67. The van der Waals surface area contributed by atoms with E-state index in [0.29, 0.717) is 5.56 Å². The third kappa shape index (κ3) is 5.97. The maximum absolute atomic E-state index is 12.3. The first-order chi connectivity index (χ1) is 11.6. The topological polar surface area (TPSA) is 47.6 Å². The fraction of sp³-hybridized carbons (Fsp3) is 0.167. The highest BCUT2D eigenvalue weighted by Crippen LogP contribution is 2.18. The Morgan fingerprint density at radius 1 is 1.08 bits per heavy atom. The smallest absolute Gasteiger partial charge is 0.408 e. The van der Waals surface area contributed by atoms with Crippen molar-refractivity contribution in [2.24, 2.45) is 0 Å². The van der Waals surface area contributed by atoms with Crippen molar-refractivity contribution < 1.29 is 23.0 Å². The number of carbonyl (C=O) groups is 1. The van der Waals surface area contributed by atoms with Crippen molar-refractivity contribution in [2.45, 2.75) is 13.2 Å². The van der Waals surface area contributed by atoms with Crippen LogP contribution in [0.4, 0.5) is 13.6 Å². The lowest BCUT2D eigenvalue weighted by atomic mass is 10.2. The number of nitrogens with one attached hydrogen (secondary N) is 1. The zero-order chi connectivity index (χ0) is 17.2. The average Bonchev–Trinajstić information content (AvgIpc) is 2.58. The maximum atomic E-state index is 12.3. The van der Waals surface area contributed by atoms with Crippen molar-refractivity contribution >= 4 is 6.09 Å². The Balaban J connectivity index is 1.80. The molecule has 1 amide bonds. The Bertz CT molecular complexity index is 724. The summed E-state index contributed by atoms with van der Waals surface area (Å²) in [6.45, 7) is -2.74. The Labute approximate surface area is 138 Å². The number of hydrogen-bond donors (Lipinski definition) is 1. The lowest BCUT2D eigenvalue weighted by Crippen LogP contribution is -2.24. The van der Waals surface area contributed by atoms with Crippen LogP contribution in [0.1, 0.15) is 11.1 Å². The predicted octanol–water partition coefficient (Wildman–Crippen LogP) is 3.57. The predicted molar refractivity (Wildman–Crippen MR) is 84.6 cm³/mol. The van der Waals surface area contributed by atoms with Crippen molar-refractivity contribution in [3.8, 4) is 17.6 Å². The number of halogens is 2. The van der Waals surface area contributed by atoms with Crippen LogP contribution in [0.5, 0.6) is 5.75 Å². The highest BCUT2D eigenvalue weighted by atomic mass is 19.3. The monoisotopic (exact) mass is 331 g/mol. The molecule has 0 fully saturated rings. The number of alkyl halides is 2. The first-order valence-electron chi connectivity index (χ1n) is 7.12. The molecule has 0 atom stereocenters. The van der Waals surface area contributed by atoms with Crippen LogP contribution in [0.15, 0.2) is 54.6 Å². The second-order valence-electron chi connectivity index (χ2n) is 4.59. The molecule has 1 N–H and O–H groups in total. The number of ether oxygens (including phenoxy) is 2. The van der Waals surface area contributed by atoms with Gasteiger partial charge in [-0.25, -0.2) is 4.79 Å². The number of alkyl carbamates (subject to hydrolysis) is 1. The molecule has 2 aromatic carbocycles. The molecule has 0 spiro atoms. The molecule has 0 heterocycles. The molecule has 0 radical (unpaired) electrons. The van der Waals surface area contributed by atoms with Gasteiger partial charge >= 0.3 is 12.7 Å². The first-order valence-corrected chi connectivity index (χ1v) is 7.12. The Morgan fingerprint density at radius 2 is 1.79 bits per heavy atom. The Hall–Kier alpha value is -3.07. The number of hydrogen-bond acceptors (Lipinski definition) is 3. The average molecular weight is 331 g/mol. The molecule has 0 aliphatic heterocycles. The molecular formula is C18H15F2NO3. The lowest BCUT2D eigenvalue weighted by Gasteiger charge is -2.06. The van der Waals surface area contributed by atoms with Gasteiger partial charge in [-0.2, -0.15) is 8.78 Å². The molecule has 124 valence electrons. The SMILES string of the molecule is O=C(NCC#Cc1ccccc1OC(F)F)OCc1ccccc1. The second kappa shape index (κ2) is 9.16. The van der Waals surface area contributed by atoms with Crippen LogP contribution in [0.3, 0.4) is 0 Å². The van der Waals surface area contributed by atoms with Gasteiger partial charge in [0.1, 0.15) is 12.4 Å². The summed E-state index contributed by atoms with van der Waals surface area (Å²) in [5.41, 5.74) is 1.19. The molecule has 0 aromatic heterocycles. The van der Waals surface area contributed by atoms with Crippen LogP contribution in [0, 0.1) is 11.8 Å². The minimum Gasteiger partial charge on any atom is -0.445 e. The highest BCUT2D eigenvalue weighted by Gasteiger charge is 2.07. The van der Waals surface area contributed by atoms with Gasteiger partial charge in [0.15, 0.2) is 0 Å². The zero-order valence-corrected chi connectivity index (χ0v) is 12.7. The molecule has 0 aliphatic carbocycles. The molecule has 0 aliphatic rings. The fourth-order valence-corrected chi connectivity index (χ4v) is 1.80. The van der Waals surface area contributed by atoms with Crippen molar-refractivity contribution in [3.63, 3.8) is 0 Å². The summed E-state index contributed by atoms with van der Waals surface area (Å²) in [5.74, 6) is 5.32. The number of benzene rings is 2. The molecule has 2 aromatic rings. The Kier molecular flexibility index (Phi) is 6.59. The standard InChI is InChI=1S/C18H15F2NO3/c19-17(20)24-16-11-5-4-9-15(16)10-6-12-21-18(22)23-13-14-7-2-1-3-8-14/h1-5,7-9,11,17H,12-13H2,(H,21,22). The van der Waals surface area contributed by atoms with Crippen molar-refractivity contribution in [3.05, 3.63) is 65.7 Å². The minimum absolute atomic E-state index is 0.00773. The summed E-state index contributed by atoms with van der Waals surface area (Å²) in [7, 11) is 0. The van der Waals surface area contributed by atoms with E-state index in [2.05, 4.69) is 21.9 Å². The molecule has 4 nitrogen and oxygen atoms in total. The normalized spacial score (nSPS) is 9.79. The zero-order valence-electron chi connectivity index (χ0n) is 12.7. The largest absolute Gasteiger partial charge is 0.445 e. The Morgan fingerprint density at radius 3 is 2.54 bits per heavy atom. The lowest BCUT2D eigenvalue weighted by molar-refractivity contribution is -0.0500. The first kappa shape index (κ1) is 17.3. The molecule has 24 heavy (non-hydrogen) atoms. The van der Waals surface area contributed by atoms with E-state index in [1.807, 2.05) is 30.3 Å². The van der Waals surface area contributed by atoms with Crippen LogP contribution >= 0.6 is 0 Å². The summed E-state index contributed by atoms with van der Waals surface area (Å²) < 4.78 is 33.9. The van der Waals surface area contributed by atoms with Gasteiger partial charge in [-0.3, -0.25) is 0 Å². The van der Waals surface area contributed by atoms with Gasteiger partial charge in [-0.05, 0) is 17.7 Å². The second-order valence-corrected chi connectivity index (χ2v) is 4.59. The van der Waals surface area contributed by atoms with Gasteiger partial charge < -0.3 is 14.8 Å². The van der Waals surface area contributed by atoms with Crippen LogP contribution in [0.25, 0.3) is 0 Å². The molecule has 0 unspecified atom stereocenters. The van der Waals surface area contributed by atoms with E-state index in [-0.39, 0.29) is 18.9 Å². The van der Waals surface area contributed by atoms with Gasteiger partial charge in [-0.1, -0.05) is 54.3 Å². The van der Waals surface area contributed by atoms with E-state index < -0.39 is 12.7 Å². The number of rotatable bonds is 5. The fourth-order valence-electron chi connectivity index (χ4n) is 1.80.